The van der Waals surface area contributed by atoms with E-state index in [-0.39, 0.29) is 22.7 Å². The van der Waals surface area contributed by atoms with E-state index in [1.807, 2.05) is 0 Å². The van der Waals surface area contributed by atoms with Crippen molar-refractivity contribution in [2.24, 2.45) is 0 Å². The molecule has 0 aliphatic heterocycles. The number of methoxy groups -OCH3 is 1. The summed E-state index contributed by atoms with van der Waals surface area (Å²) in [6, 6.07) is 10.7. The molecule has 1 amide bonds. The number of rotatable bonds is 6. The third-order valence-electron chi connectivity index (χ3n) is 5.63. The molecule has 0 saturated carbocycles. The van der Waals surface area contributed by atoms with Crippen LogP contribution < -0.4 is 14.8 Å². The number of benzene rings is 1. The van der Waals surface area contributed by atoms with Crippen molar-refractivity contribution in [3.05, 3.63) is 83.9 Å². The predicted molar refractivity (Wildman–Crippen MR) is 134 cm³/mol. The minimum absolute atomic E-state index is 0.0709. The second-order valence-corrected chi connectivity index (χ2v) is 8.14. The Hall–Kier alpha value is -4.99. The number of furan rings is 1. The summed E-state index contributed by atoms with van der Waals surface area (Å²) in [6.07, 6.45) is 4.29. The topological polar surface area (TPSA) is 120 Å². The number of aromatic nitrogens is 3. The van der Waals surface area contributed by atoms with E-state index in [9.17, 15) is 14.3 Å². The summed E-state index contributed by atoms with van der Waals surface area (Å²) in [5, 5.41) is 13.4. The minimum atomic E-state index is -0.714. The number of amides is 1. The largest absolute Gasteiger partial charge is 0.506 e. The highest BCUT2D eigenvalue weighted by Gasteiger charge is 2.21. The molecule has 0 radical (unpaired) electrons. The number of ether oxygens (including phenoxy) is 2. The van der Waals surface area contributed by atoms with E-state index in [0.717, 1.165) is 6.07 Å². The summed E-state index contributed by atoms with van der Waals surface area (Å²) in [4.78, 5) is 25.6. The molecule has 0 unspecified atom stereocenters. The number of anilines is 1. The Balaban J connectivity index is 1.38. The van der Waals surface area contributed by atoms with Gasteiger partial charge < -0.3 is 24.3 Å². The molecule has 0 saturated heterocycles. The molecule has 37 heavy (non-hydrogen) atoms. The van der Waals surface area contributed by atoms with Gasteiger partial charge in [-0.25, -0.2) is 9.37 Å². The molecular formula is C27H21FN4O5. The first-order valence-electron chi connectivity index (χ1n) is 11.2. The van der Waals surface area contributed by atoms with E-state index in [1.165, 1.54) is 37.8 Å². The number of aryl methyl sites for hydroxylation is 2. The third-order valence-corrected chi connectivity index (χ3v) is 5.63. The van der Waals surface area contributed by atoms with Crippen molar-refractivity contribution in [2.45, 2.75) is 13.8 Å². The average molecular weight is 500 g/mol. The fraction of sp³-hybridized carbons (Fsp3) is 0.111. The van der Waals surface area contributed by atoms with Crippen LogP contribution in [0.4, 0.5) is 10.1 Å². The van der Waals surface area contributed by atoms with Crippen molar-refractivity contribution >= 4 is 22.6 Å². The summed E-state index contributed by atoms with van der Waals surface area (Å²) in [7, 11) is 1.52. The molecule has 1 aromatic carbocycles. The zero-order valence-electron chi connectivity index (χ0n) is 20.1. The van der Waals surface area contributed by atoms with Crippen molar-refractivity contribution in [2.75, 3.05) is 12.4 Å². The van der Waals surface area contributed by atoms with Crippen molar-refractivity contribution in [3.8, 4) is 34.3 Å². The lowest BCUT2D eigenvalue weighted by Crippen LogP contribution is -2.13. The molecule has 0 aliphatic rings. The number of carbonyl (C=O) groups is 1. The van der Waals surface area contributed by atoms with Crippen LogP contribution in [0.2, 0.25) is 0 Å². The number of nitrogens with one attached hydrogen (secondary N) is 1. The zero-order valence-corrected chi connectivity index (χ0v) is 20.1. The minimum Gasteiger partial charge on any atom is -0.506 e. The maximum absolute atomic E-state index is 14.9. The van der Waals surface area contributed by atoms with Crippen LogP contribution in [0.25, 0.3) is 22.4 Å². The van der Waals surface area contributed by atoms with Gasteiger partial charge in [-0.3, -0.25) is 14.8 Å². The molecule has 5 aromatic rings. The highest BCUT2D eigenvalue weighted by Crippen LogP contribution is 2.36. The van der Waals surface area contributed by atoms with Crippen LogP contribution in [-0.4, -0.2) is 33.1 Å². The van der Waals surface area contributed by atoms with Crippen LogP contribution in [0.15, 0.2) is 65.5 Å². The molecule has 5 rings (SSSR count). The monoisotopic (exact) mass is 500 g/mol. The Kier molecular flexibility index (Phi) is 6.14. The van der Waals surface area contributed by atoms with Crippen LogP contribution in [0.1, 0.15) is 21.8 Å². The number of nitrogens with zero attached hydrogens (tertiary/aromatic N) is 3. The number of hydrogen-bond donors (Lipinski definition) is 2. The molecule has 0 aliphatic carbocycles. The van der Waals surface area contributed by atoms with Gasteiger partial charge in [0, 0.05) is 36.3 Å². The van der Waals surface area contributed by atoms with E-state index < -0.39 is 11.7 Å². The number of hydrogen-bond acceptors (Lipinski definition) is 8. The first-order valence-corrected chi connectivity index (χ1v) is 11.2. The quantitative estimate of drug-likeness (QED) is 0.300. The van der Waals surface area contributed by atoms with E-state index in [1.54, 1.807) is 38.1 Å². The zero-order chi connectivity index (χ0) is 26.1. The van der Waals surface area contributed by atoms with Gasteiger partial charge in [-0.2, -0.15) is 0 Å². The molecule has 10 heteroatoms. The van der Waals surface area contributed by atoms with Crippen LogP contribution in [-0.2, 0) is 0 Å². The van der Waals surface area contributed by atoms with Gasteiger partial charge in [0.15, 0.2) is 17.3 Å². The van der Waals surface area contributed by atoms with E-state index >= 15 is 0 Å². The second-order valence-electron chi connectivity index (χ2n) is 8.14. The first-order chi connectivity index (χ1) is 17.8. The van der Waals surface area contributed by atoms with Gasteiger partial charge in [-0.05, 0) is 38.1 Å². The SMILES string of the molecule is COc1cnc2c(Oc3ccc(NC(=O)c4cnc(C)c(-c5ccc(C)o5)c4O)cc3F)ccnc2c1. The van der Waals surface area contributed by atoms with Gasteiger partial charge in [0.05, 0.1) is 30.1 Å². The second kappa shape index (κ2) is 9.57. The van der Waals surface area contributed by atoms with Crippen molar-refractivity contribution in [1.82, 2.24) is 15.0 Å². The Labute approximate surface area is 210 Å². The normalized spacial score (nSPS) is 10.9. The molecular weight excluding hydrogens is 479 g/mol. The standard InChI is InChI=1S/C27H21FN4O5/c1-14-4-6-22(36-14)24-15(2)30-13-18(26(24)33)27(34)32-16-5-7-21(19(28)10-16)37-23-8-9-29-20-11-17(35-3)12-31-25(20)23/h4-13H,1-3H3,(H,30,33)(H,32,34). The molecule has 2 N–H and O–H groups in total. The summed E-state index contributed by atoms with van der Waals surface area (Å²) >= 11 is 0. The van der Waals surface area contributed by atoms with Crippen molar-refractivity contribution < 1.29 is 28.2 Å². The Bertz CT molecular complexity index is 1650. The van der Waals surface area contributed by atoms with Crippen molar-refractivity contribution in [3.63, 3.8) is 0 Å². The summed E-state index contributed by atoms with van der Waals surface area (Å²) in [5.41, 5.74) is 1.84. The number of pyridine rings is 3. The smallest absolute Gasteiger partial charge is 0.261 e. The molecule has 4 heterocycles. The summed E-state index contributed by atoms with van der Waals surface area (Å²) in [5.74, 6) is 0.141. The third kappa shape index (κ3) is 4.64. The van der Waals surface area contributed by atoms with E-state index in [0.29, 0.717) is 45.3 Å². The number of carbonyl (C=O) groups excluding carboxylic acids is 1. The number of halogens is 1. The van der Waals surface area contributed by atoms with Gasteiger partial charge in [-0.1, -0.05) is 0 Å². The molecule has 0 spiro atoms. The van der Waals surface area contributed by atoms with Crippen LogP contribution >= 0.6 is 0 Å². The molecule has 0 fully saturated rings. The molecule has 9 nitrogen and oxygen atoms in total. The van der Waals surface area contributed by atoms with Gasteiger partial charge in [0.2, 0.25) is 0 Å². The molecule has 186 valence electrons. The maximum atomic E-state index is 14.9. The Morgan fingerprint density at radius 3 is 2.59 bits per heavy atom. The summed E-state index contributed by atoms with van der Waals surface area (Å²) < 4.78 is 31.4. The van der Waals surface area contributed by atoms with E-state index in [2.05, 4.69) is 20.3 Å². The Morgan fingerprint density at radius 2 is 1.86 bits per heavy atom. The lowest BCUT2D eigenvalue weighted by molar-refractivity contribution is 0.102. The molecule has 0 atom stereocenters. The summed E-state index contributed by atoms with van der Waals surface area (Å²) in [6.45, 7) is 3.47. The van der Waals surface area contributed by atoms with Crippen molar-refractivity contribution in [1.29, 1.82) is 0 Å². The van der Waals surface area contributed by atoms with Gasteiger partial charge in [0.25, 0.3) is 5.91 Å². The predicted octanol–water partition coefficient (Wildman–Crippen LogP) is 5.80. The molecule has 0 bridgehead atoms. The molecule has 4 aromatic heterocycles. The average Bonchev–Trinajstić information content (AvgIpc) is 3.31. The maximum Gasteiger partial charge on any atom is 0.261 e. The lowest BCUT2D eigenvalue weighted by atomic mass is 10.1. The first kappa shape index (κ1) is 23.7. The number of aromatic hydroxyl groups is 1. The van der Waals surface area contributed by atoms with E-state index in [4.69, 9.17) is 13.9 Å². The van der Waals surface area contributed by atoms with Crippen LogP contribution in [0.3, 0.4) is 0 Å². The van der Waals surface area contributed by atoms with Crippen LogP contribution in [0.5, 0.6) is 23.0 Å². The fourth-order valence-electron chi connectivity index (χ4n) is 3.78. The van der Waals surface area contributed by atoms with Gasteiger partial charge in [-0.15, -0.1) is 0 Å². The Morgan fingerprint density at radius 1 is 1.03 bits per heavy atom. The van der Waals surface area contributed by atoms with Gasteiger partial charge >= 0.3 is 0 Å². The van der Waals surface area contributed by atoms with Gasteiger partial charge in [0.1, 0.15) is 34.1 Å². The highest BCUT2D eigenvalue weighted by molar-refractivity contribution is 6.07. The van der Waals surface area contributed by atoms with Crippen LogP contribution in [0, 0.1) is 19.7 Å². The highest BCUT2D eigenvalue weighted by atomic mass is 19.1. The fourth-order valence-corrected chi connectivity index (χ4v) is 3.78. The number of fused-ring (bicyclic) bond motifs is 1. The lowest BCUT2D eigenvalue weighted by Gasteiger charge is -2.12.